The average molecular weight is 616 g/mol. The predicted octanol–water partition coefficient (Wildman–Crippen LogP) is 6.20. The third-order valence-corrected chi connectivity index (χ3v) is 6.38. The van der Waals surface area contributed by atoms with E-state index in [4.69, 9.17) is 21.1 Å². The van der Waals surface area contributed by atoms with E-state index in [1.54, 1.807) is 24.3 Å². The second-order valence-electron chi connectivity index (χ2n) is 8.53. The maximum atomic E-state index is 13.5. The van der Waals surface area contributed by atoms with Crippen LogP contribution in [0.15, 0.2) is 69.0 Å². The molecule has 1 N–H and O–H groups in total. The molecule has 4 aromatic rings. The van der Waals surface area contributed by atoms with Crippen molar-refractivity contribution in [3.8, 4) is 11.5 Å². The van der Waals surface area contributed by atoms with E-state index < -0.39 is 18.3 Å². The van der Waals surface area contributed by atoms with Gasteiger partial charge in [0.25, 0.3) is 11.5 Å². The SMILES string of the molecule is CCCCc1nc2ccc(Br)cc2c(=O)n1N=Cc1cc(Cl)cc(OC)c1OCC(=O)Nc1cccc(F)c1. The number of hydrogen-bond donors (Lipinski definition) is 1. The number of halogens is 3. The second-order valence-corrected chi connectivity index (χ2v) is 9.88. The van der Waals surface area contributed by atoms with Crippen molar-refractivity contribution in [1.29, 1.82) is 0 Å². The maximum absolute atomic E-state index is 13.5. The Balaban J connectivity index is 1.68. The summed E-state index contributed by atoms with van der Waals surface area (Å²) in [5, 5.41) is 7.78. The minimum absolute atomic E-state index is 0.194. The van der Waals surface area contributed by atoms with Gasteiger partial charge in [-0.2, -0.15) is 9.78 Å². The fourth-order valence-electron chi connectivity index (χ4n) is 3.82. The highest BCUT2D eigenvalue weighted by Crippen LogP contribution is 2.34. The Bertz CT molecular complexity index is 1610. The van der Waals surface area contributed by atoms with E-state index in [0.29, 0.717) is 39.4 Å². The molecule has 0 radical (unpaired) electrons. The molecule has 0 bridgehead atoms. The first-order chi connectivity index (χ1) is 18.8. The average Bonchev–Trinajstić information content (AvgIpc) is 2.91. The van der Waals surface area contributed by atoms with Gasteiger partial charge in [0.15, 0.2) is 18.1 Å². The molecule has 1 amide bonds. The van der Waals surface area contributed by atoms with Crippen LogP contribution in [-0.4, -0.2) is 35.5 Å². The zero-order valence-electron chi connectivity index (χ0n) is 21.2. The van der Waals surface area contributed by atoms with Gasteiger partial charge >= 0.3 is 0 Å². The number of rotatable bonds is 10. The topological polar surface area (TPSA) is 94.8 Å². The normalized spacial score (nSPS) is 11.2. The van der Waals surface area contributed by atoms with E-state index in [1.165, 1.54) is 42.3 Å². The molecule has 39 heavy (non-hydrogen) atoms. The van der Waals surface area contributed by atoms with E-state index in [-0.39, 0.29) is 17.1 Å². The van der Waals surface area contributed by atoms with Gasteiger partial charge in [-0.25, -0.2) is 9.37 Å². The molecule has 0 aliphatic rings. The maximum Gasteiger partial charge on any atom is 0.282 e. The largest absolute Gasteiger partial charge is 0.493 e. The van der Waals surface area contributed by atoms with Gasteiger partial charge in [0.2, 0.25) is 0 Å². The number of nitrogens with zero attached hydrogens (tertiary/aromatic N) is 3. The molecule has 0 saturated heterocycles. The number of unbranched alkanes of at least 4 members (excludes halogenated alkanes) is 1. The van der Waals surface area contributed by atoms with Crippen LogP contribution in [0.4, 0.5) is 10.1 Å². The van der Waals surface area contributed by atoms with Crippen molar-refractivity contribution >= 4 is 56.2 Å². The van der Waals surface area contributed by atoms with Gasteiger partial charge in [-0.05, 0) is 48.9 Å². The van der Waals surface area contributed by atoms with E-state index in [0.717, 1.165) is 17.3 Å². The van der Waals surface area contributed by atoms with Crippen molar-refractivity contribution < 1.29 is 18.7 Å². The van der Waals surface area contributed by atoms with Crippen LogP contribution in [0.2, 0.25) is 5.02 Å². The lowest BCUT2D eigenvalue weighted by Crippen LogP contribution is -2.23. The Morgan fingerprint density at radius 1 is 1.23 bits per heavy atom. The summed E-state index contributed by atoms with van der Waals surface area (Å²) in [4.78, 5) is 30.6. The van der Waals surface area contributed by atoms with Crippen LogP contribution in [-0.2, 0) is 11.2 Å². The number of fused-ring (bicyclic) bond motifs is 1. The number of ether oxygens (including phenoxy) is 2. The standard InChI is InChI=1S/C28H25BrClFN4O4/c1-3-4-8-25-34-23-10-9-18(29)12-22(23)28(37)35(25)32-15-17-11-19(30)13-24(38-2)27(17)39-16-26(36)33-21-7-5-6-20(31)14-21/h5-7,9-15H,3-4,8,16H2,1-2H3,(H,33,36). The molecular formula is C28H25BrClFN4O4. The van der Waals surface area contributed by atoms with Gasteiger partial charge in [-0.1, -0.05) is 46.9 Å². The zero-order valence-corrected chi connectivity index (χ0v) is 23.6. The lowest BCUT2D eigenvalue weighted by molar-refractivity contribution is -0.118. The summed E-state index contributed by atoms with van der Waals surface area (Å²) < 4.78 is 26.7. The quantitative estimate of drug-likeness (QED) is 0.214. The smallest absolute Gasteiger partial charge is 0.282 e. The predicted molar refractivity (Wildman–Crippen MR) is 154 cm³/mol. The highest BCUT2D eigenvalue weighted by atomic mass is 79.9. The summed E-state index contributed by atoms with van der Waals surface area (Å²) in [6.45, 7) is 1.65. The summed E-state index contributed by atoms with van der Waals surface area (Å²) in [6.07, 6.45) is 3.71. The number of anilines is 1. The number of carbonyl (C=O) groups excluding carboxylic acids is 1. The summed E-state index contributed by atoms with van der Waals surface area (Å²) in [5.41, 5.74) is 0.927. The first-order valence-corrected chi connectivity index (χ1v) is 13.3. The molecule has 0 fully saturated rings. The number of nitrogens with one attached hydrogen (secondary N) is 1. The van der Waals surface area contributed by atoms with Crippen molar-refractivity contribution in [3.63, 3.8) is 0 Å². The third-order valence-electron chi connectivity index (χ3n) is 5.67. The van der Waals surface area contributed by atoms with Crippen LogP contribution in [0.1, 0.15) is 31.2 Å². The molecule has 0 spiro atoms. The van der Waals surface area contributed by atoms with Crippen LogP contribution in [0.3, 0.4) is 0 Å². The molecule has 0 unspecified atom stereocenters. The first-order valence-electron chi connectivity index (χ1n) is 12.1. The summed E-state index contributed by atoms with van der Waals surface area (Å²) in [7, 11) is 1.44. The molecule has 202 valence electrons. The van der Waals surface area contributed by atoms with Crippen molar-refractivity contribution in [2.24, 2.45) is 5.10 Å². The molecule has 11 heteroatoms. The molecule has 0 atom stereocenters. The van der Waals surface area contributed by atoms with Gasteiger partial charge in [0, 0.05) is 33.2 Å². The van der Waals surface area contributed by atoms with E-state index in [9.17, 15) is 14.0 Å². The Hall–Kier alpha value is -3.76. The van der Waals surface area contributed by atoms with Crippen LogP contribution in [0.5, 0.6) is 11.5 Å². The van der Waals surface area contributed by atoms with E-state index >= 15 is 0 Å². The molecule has 1 aromatic heterocycles. The molecule has 4 rings (SSSR count). The summed E-state index contributed by atoms with van der Waals surface area (Å²) in [6, 6.07) is 14.0. The van der Waals surface area contributed by atoms with Gasteiger partial charge < -0.3 is 14.8 Å². The molecule has 0 saturated carbocycles. The lowest BCUT2D eigenvalue weighted by Gasteiger charge is -2.14. The number of aryl methyl sites for hydroxylation is 1. The number of methoxy groups -OCH3 is 1. The Kier molecular flexibility index (Phi) is 9.32. The fourth-order valence-corrected chi connectivity index (χ4v) is 4.40. The lowest BCUT2D eigenvalue weighted by atomic mass is 10.2. The number of hydrogen-bond acceptors (Lipinski definition) is 6. The van der Waals surface area contributed by atoms with Gasteiger partial charge in [-0.3, -0.25) is 9.59 Å². The number of aromatic nitrogens is 2. The van der Waals surface area contributed by atoms with Gasteiger partial charge in [-0.15, -0.1) is 0 Å². The van der Waals surface area contributed by atoms with Crippen molar-refractivity contribution in [3.05, 3.63) is 91.7 Å². The second kappa shape index (κ2) is 12.9. The molecule has 1 heterocycles. The minimum Gasteiger partial charge on any atom is -0.493 e. The number of carbonyl (C=O) groups is 1. The Morgan fingerprint density at radius 3 is 2.79 bits per heavy atom. The first kappa shape index (κ1) is 28.3. The highest BCUT2D eigenvalue weighted by Gasteiger charge is 2.16. The van der Waals surface area contributed by atoms with Crippen molar-refractivity contribution in [2.75, 3.05) is 19.0 Å². The van der Waals surface area contributed by atoms with Crippen molar-refractivity contribution in [1.82, 2.24) is 9.66 Å². The molecule has 8 nitrogen and oxygen atoms in total. The molecular weight excluding hydrogens is 591 g/mol. The molecule has 0 aliphatic carbocycles. The van der Waals surface area contributed by atoms with Crippen LogP contribution < -0.4 is 20.3 Å². The third kappa shape index (κ3) is 7.01. The Morgan fingerprint density at radius 2 is 2.05 bits per heavy atom. The number of benzene rings is 3. The number of amides is 1. The van der Waals surface area contributed by atoms with Crippen LogP contribution >= 0.6 is 27.5 Å². The monoisotopic (exact) mass is 614 g/mol. The zero-order chi connectivity index (χ0) is 27.9. The van der Waals surface area contributed by atoms with E-state index in [1.807, 2.05) is 6.07 Å². The highest BCUT2D eigenvalue weighted by molar-refractivity contribution is 9.10. The van der Waals surface area contributed by atoms with Crippen molar-refractivity contribution in [2.45, 2.75) is 26.2 Å². The van der Waals surface area contributed by atoms with Crippen LogP contribution in [0.25, 0.3) is 10.9 Å². The van der Waals surface area contributed by atoms with E-state index in [2.05, 4.69) is 38.3 Å². The molecule has 0 aliphatic heterocycles. The van der Waals surface area contributed by atoms with Gasteiger partial charge in [0.05, 0.1) is 24.2 Å². The van der Waals surface area contributed by atoms with Crippen LogP contribution in [0, 0.1) is 5.82 Å². The summed E-state index contributed by atoms with van der Waals surface area (Å²) >= 11 is 9.70. The van der Waals surface area contributed by atoms with Gasteiger partial charge in [0.1, 0.15) is 11.6 Å². The summed E-state index contributed by atoms with van der Waals surface area (Å²) in [5.74, 6) is -0.0151. The molecule has 3 aromatic carbocycles. The fraction of sp³-hybridized carbons (Fsp3) is 0.214. The Labute approximate surface area is 237 Å². The minimum atomic E-state index is -0.511.